The minimum absolute atomic E-state index is 0. The minimum Gasteiger partial charge on any atom is -0.490 e. The molecule has 0 aliphatic heterocycles. The number of benzene rings is 1. The lowest BCUT2D eigenvalue weighted by Crippen LogP contribution is -2.33. The van der Waals surface area contributed by atoms with Gasteiger partial charge in [0.25, 0.3) is 0 Å². The van der Waals surface area contributed by atoms with Gasteiger partial charge in [0.15, 0.2) is 0 Å². The molecule has 1 fully saturated rings. The molecule has 1 aromatic heterocycles. The highest BCUT2D eigenvalue weighted by Gasteiger charge is 2.41. The summed E-state index contributed by atoms with van der Waals surface area (Å²) >= 11 is 0. The molecule has 0 amide bonds. The van der Waals surface area contributed by atoms with Crippen molar-refractivity contribution in [1.29, 1.82) is 0 Å². The summed E-state index contributed by atoms with van der Waals surface area (Å²) in [4.78, 5) is 4.17. The zero-order chi connectivity index (χ0) is 14.0. The molecule has 3 rings (SSSR count). The number of ether oxygens (including phenoxy) is 1. The molecule has 1 aliphatic carbocycles. The van der Waals surface area contributed by atoms with Gasteiger partial charge in [0.2, 0.25) is 0 Å². The normalized spacial score (nSPS) is 14.5. The van der Waals surface area contributed by atoms with Gasteiger partial charge in [-0.3, -0.25) is 4.98 Å². The molecule has 0 bridgehead atoms. The van der Waals surface area contributed by atoms with Crippen LogP contribution in [0.5, 0.6) is 5.75 Å². The third kappa shape index (κ3) is 4.32. The van der Waals surface area contributed by atoms with Crippen molar-refractivity contribution in [1.82, 2.24) is 10.3 Å². The summed E-state index contributed by atoms with van der Waals surface area (Å²) < 4.78 is 19.0. The van der Waals surface area contributed by atoms with Crippen molar-refractivity contribution in [3.63, 3.8) is 0 Å². The van der Waals surface area contributed by atoms with Gasteiger partial charge in [-0.25, -0.2) is 4.39 Å². The Morgan fingerprint density at radius 3 is 2.59 bits per heavy atom. The smallest absolute Gasteiger partial charge is 0.138 e. The van der Waals surface area contributed by atoms with Crippen LogP contribution in [0.15, 0.2) is 42.7 Å². The molecule has 0 unspecified atom stereocenters. The zero-order valence-corrected chi connectivity index (χ0v) is 13.8. The highest BCUT2D eigenvalue weighted by molar-refractivity contribution is 5.85. The fourth-order valence-corrected chi connectivity index (χ4v) is 2.16. The molecule has 22 heavy (non-hydrogen) atoms. The fraction of sp³-hybridized carbons (Fsp3) is 0.312. The lowest BCUT2D eigenvalue weighted by atomic mass is 10.1. The average molecular weight is 345 g/mol. The molecule has 1 aromatic carbocycles. The van der Waals surface area contributed by atoms with Crippen molar-refractivity contribution >= 4 is 24.8 Å². The average Bonchev–Trinajstić information content (AvgIpc) is 3.26. The second-order valence-electron chi connectivity index (χ2n) is 5.24. The summed E-state index contributed by atoms with van der Waals surface area (Å²) in [6.45, 7) is 0.637. The van der Waals surface area contributed by atoms with Crippen molar-refractivity contribution in [3.8, 4) is 16.9 Å². The predicted molar refractivity (Wildman–Crippen MR) is 90.6 cm³/mol. The predicted octanol–water partition coefficient (Wildman–Crippen LogP) is 3.86. The molecule has 3 nitrogen and oxygen atoms in total. The van der Waals surface area contributed by atoms with Crippen LogP contribution >= 0.6 is 24.8 Å². The first kappa shape index (κ1) is 18.7. The van der Waals surface area contributed by atoms with Crippen LogP contribution in [0.2, 0.25) is 0 Å². The van der Waals surface area contributed by atoms with E-state index in [1.54, 1.807) is 18.5 Å². The highest BCUT2D eigenvalue weighted by Crippen LogP contribution is 2.35. The Balaban J connectivity index is 0.00000121. The van der Waals surface area contributed by atoms with Gasteiger partial charge in [-0.2, -0.15) is 0 Å². The summed E-state index contributed by atoms with van der Waals surface area (Å²) in [7, 11) is 1.96. The van der Waals surface area contributed by atoms with Crippen LogP contribution in [0.25, 0.3) is 11.1 Å². The number of hydrogen-bond acceptors (Lipinski definition) is 3. The highest BCUT2D eigenvalue weighted by atomic mass is 35.5. The fourth-order valence-electron chi connectivity index (χ4n) is 2.16. The maximum atomic E-state index is 13.3. The third-order valence-electron chi connectivity index (χ3n) is 3.77. The van der Waals surface area contributed by atoms with Crippen molar-refractivity contribution in [3.05, 3.63) is 48.5 Å². The van der Waals surface area contributed by atoms with Gasteiger partial charge in [-0.05, 0) is 43.7 Å². The van der Waals surface area contributed by atoms with E-state index in [9.17, 15) is 4.39 Å². The van der Waals surface area contributed by atoms with Crippen LogP contribution in [0.3, 0.4) is 0 Å². The molecule has 0 atom stereocenters. The Morgan fingerprint density at radius 1 is 1.18 bits per heavy atom. The second-order valence-corrected chi connectivity index (χ2v) is 5.24. The van der Waals surface area contributed by atoms with Gasteiger partial charge in [0.05, 0.1) is 11.7 Å². The second kappa shape index (κ2) is 7.77. The number of halogens is 3. The third-order valence-corrected chi connectivity index (χ3v) is 3.77. The first-order chi connectivity index (χ1) is 9.71. The van der Waals surface area contributed by atoms with Crippen LogP contribution < -0.4 is 10.1 Å². The first-order valence-electron chi connectivity index (χ1n) is 6.73. The summed E-state index contributed by atoms with van der Waals surface area (Å²) in [5, 5.41) is 3.28. The molecular formula is C16H19Cl2FN2O. The van der Waals surface area contributed by atoms with E-state index in [4.69, 9.17) is 4.74 Å². The number of pyridine rings is 1. The number of nitrogens with one attached hydrogen (secondary N) is 1. The first-order valence-corrected chi connectivity index (χ1v) is 6.73. The van der Waals surface area contributed by atoms with E-state index in [1.165, 1.54) is 12.1 Å². The van der Waals surface area contributed by atoms with E-state index >= 15 is 0 Å². The van der Waals surface area contributed by atoms with Crippen molar-refractivity contribution in [2.45, 2.75) is 18.4 Å². The molecule has 1 aliphatic rings. The Hall–Kier alpha value is -1.36. The molecule has 120 valence electrons. The van der Waals surface area contributed by atoms with E-state index in [0.29, 0.717) is 12.4 Å². The van der Waals surface area contributed by atoms with Crippen LogP contribution in [-0.2, 0) is 0 Å². The van der Waals surface area contributed by atoms with Crippen LogP contribution in [-0.4, -0.2) is 24.2 Å². The Labute approximate surface area is 142 Å². The van der Waals surface area contributed by atoms with Gasteiger partial charge in [-0.15, -0.1) is 24.8 Å². The number of aromatic nitrogens is 1. The van der Waals surface area contributed by atoms with Crippen molar-refractivity contribution < 1.29 is 9.13 Å². The minimum atomic E-state index is -0.249. The molecule has 0 spiro atoms. The molecule has 6 heteroatoms. The number of nitrogens with zero attached hydrogens (tertiary/aromatic N) is 1. The van der Waals surface area contributed by atoms with Gasteiger partial charge in [0, 0.05) is 11.8 Å². The topological polar surface area (TPSA) is 34.1 Å². The van der Waals surface area contributed by atoms with Crippen LogP contribution in [0.1, 0.15) is 12.8 Å². The quantitative estimate of drug-likeness (QED) is 0.894. The van der Waals surface area contributed by atoms with E-state index in [-0.39, 0.29) is 36.2 Å². The lowest BCUT2D eigenvalue weighted by molar-refractivity contribution is 0.259. The van der Waals surface area contributed by atoms with E-state index in [2.05, 4.69) is 10.3 Å². The van der Waals surface area contributed by atoms with Gasteiger partial charge in [-0.1, -0.05) is 12.1 Å². The van der Waals surface area contributed by atoms with Crippen molar-refractivity contribution in [2.75, 3.05) is 13.7 Å². The standard InChI is InChI=1S/C16H17FN2O.2ClH/c1-18-16(5-6-16)11-20-15-8-13(9-19-10-15)12-3-2-4-14(17)7-12;;/h2-4,7-10,18H,5-6,11H2,1H3;2*1H. The summed E-state index contributed by atoms with van der Waals surface area (Å²) in [5.41, 5.74) is 1.79. The maximum absolute atomic E-state index is 13.3. The van der Waals surface area contributed by atoms with Gasteiger partial charge < -0.3 is 10.1 Å². The van der Waals surface area contributed by atoms with E-state index in [0.717, 1.165) is 24.0 Å². The maximum Gasteiger partial charge on any atom is 0.138 e. The van der Waals surface area contributed by atoms with Crippen LogP contribution in [0.4, 0.5) is 4.39 Å². The number of rotatable bonds is 5. The van der Waals surface area contributed by atoms with Gasteiger partial charge in [0.1, 0.15) is 18.2 Å². The number of likely N-dealkylation sites (N-methyl/N-ethyl adjacent to an activating group) is 1. The van der Waals surface area contributed by atoms with E-state index in [1.807, 2.05) is 19.2 Å². The number of hydrogen-bond donors (Lipinski definition) is 1. The van der Waals surface area contributed by atoms with E-state index < -0.39 is 0 Å². The van der Waals surface area contributed by atoms with Gasteiger partial charge >= 0.3 is 0 Å². The van der Waals surface area contributed by atoms with Crippen molar-refractivity contribution in [2.24, 2.45) is 0 Å². The summed E-state index contributed by atoms with van der Waals surface area (Å²) in [5.74, 6) is 0.467. The Kier molecular flexibility index (Phi) is 6.60. The van der Waals surface area contributed by atoms with Crippen LogP contribution in [0, 0.1) is 5.82 Å². The molecule has 1 N–H and O–H groups in total. The monoisotopic (exact) mass is 344 g/mol. The SMILES string of the molecule is CNC1(COc2cncc(-c3cccc(F)c3)c2)CC1.Cl.Cl. The largest absolute Gasteiger partial charge is 0.490 e. The molecular weight excluding hydrogens is 326 g/mol. The summed E-state index contributed by atoms with van der Waals surface area (Å²) in [6, 6.07) is 8.38. The molecule has 0 radical (unpaired) electrons. The molecule has 1 heterocycles. The lowest BCUT2D eigenvalue weighted by Gasteiger charge is -2.15. The molecule has 2 aromatic rings. The summed E-state index contributed by atoms with van der Waals surface area (Å²) in [6.07, 6.45) is 5.68. The Morgan fingerprint density at radius 2 is 1.95 bits per heavy atom. The molecule has 1 saturated carbocycles. The molecule has 0 saturated heterocycles. The Bertz CT molecular complexity index is 621. The zero-order valence-electron chi connectivity index (χ0n) is 12.2.